The molecule has 0 saturated carbocycles. The third-order valence-corrected chi connectivity index (χ3v) is 7.73. The van der Waals surface area contributed by atoms with Crippen molar-refractivity contribution in [2.75, 3.05) is 26.3 Å². The summed E-state index contributed by atoms with van der Waals surface area (Å²) in [6, 6.07) is 8.65. The third-order valence-electron chi connectivity index (χ3n) is 7.73. The minimum Gasteiger partial charge on any atom is -0.461 e. The molecule has 8 heteroatoms. The number of hydrogen-bond acceptors (Lipinski definition) is 6. The van der Waals surface area contributed by atoms with Crippen LogP contribution < -0.4 is 0 Å². The Morgan fingerprint density at radius 2 is 2.00 bits per heavy atom. The van der Waals surface area contributed by atoms with E-state index in [4.69, 9.17) is 9.47 Å². The second-order valence-electron chi connectivity index (χ2n) is 9.50. The highest BCUT2D eigenvalue weighted by atomic mass is 16.6. The summed E-state index contributed by atoms with van der Waals surface area (Å²) in [5, 5.41) is 9.76. The molecule has 1 aromatic rings. The third kappa shape index (κ3) is 3.98. The van der Waals surface area contributed by atoms with Gasteiger partial charge in [-0.25, -0.2) is 0 Å². The van der Waals surface area contributed by atoms with Crippen molar-refractivity contribution >= 4 is 17.8 Å². The molecule has 3 saturated heterocycles. The maximum Gasteiger partial charge on any atom is 0.313 e. The molecule has 1 N–H and O–H groups in total. The minimum absolute atomic E-state index is 0.0162. The molecule has 4 rings (SSSR count). The van der Waals surface area contributed by atoms with Crippen molar-refractivity contribution in [1.82, 2.24) is 9.80 Å². The topological polar surface area (TPSA) is 96.4 Å². The first-order chi connectivity index (χ1) is 16.9. The molecule has 2 unspecified atom stereocenters. The molecule has 2 bridgehead atoms. The zero-order chi connectivity index (χ0) is 25.2. The molecule has 1 spiro atoms. The highest BCUT2D eigenvalue weighted by molar-refractivity contribution is 5.98. The van der Waals surface area contributed by atoms with Crippen molar-refractivity contribution in [1.29, 1.82) is 0 Å². The summed E-state index contributed by atoms with van der Waals surface area (Å²) in [6.07, 6.45) is 4.69. The lowest BCUT2D eigenvalue weighted by molar-refractivity contribution is -0.161. The summed E-state index contributed by atoms with van der Waals surface area (Å²) in [7, 11) is 0. The Morgan fingerprint density at radius 3 is 2.63 bits per heavy atom. The molecule has 0 aromatic heterocycles. The largest absolute Gasteiger partial charge is 0.461 e. The number of carbonyl (C=O) groups is 3. The number of β-amino-alcohol motifs (C(OH)–C–C–N with tert-alkyl or cyclic N) is 1. The number of benzene rings is 1. The average molecular weight is 483 g/mol. The summed E-state index contributed by atoms with van der Waals surface area (Å²) in [5.74, 6) is -2.77. The number of esters is 1. The Balaban J connectivity index is 1.74. The van der Waals surface area contributed by atoms with Crippen LogP contribution in [0.5, 0.6) is 0 Å². The van der Waals surface area contributed by atoms with Crippen molar-refractivity contribution < 1.29 is 29.0 Å². The Labute approximate surface area is 206 Å². The molecular formula is C27H34N2O6. The van der Waals surface area contributed by atoms with Gasteiger partial charge in [-0.15, -0.1) is 6.58 Å². The van der Waals surface area contributed by atoms with Crippen molar-refractivity contribution in [2.45, 2.75) is 50.0 Å². The second kappa shape index (κ2) is 9.95. The number of fused-ring (bicyclic) bond motifs is 1. The van der Waals surface area contributed by atoms with Crippen LogP contribution in [0.15, 0.2) is 55.6 Å². The molecule has 3 aliphatic rings. The maximum atomic E-state index is 14.1. The summed E-state index contributed by atoms with van der Waals surface area (Å²) in [6.45, 7) is 9.68. The van der Waals surface area contributed by atoms with Crippen LogP contribution in [0.2, 0.25) is 0 Å². The van der Waals surface area contributed by atoms with E-state index in [9.17, 15) is 19.5 Å². The predicted octanol–water partition coefficient (Wildman–Crippen LogP) is 2.08. The smallest absolute Gasteiger partial charge is 0.313 e. The van der Waals surface area contributed by atoms with E-state index in [2.05, 4.69) is 13.2 Å². The van der Waals surface area contributed by atoms with Gasteiger partial charge in [-0.3, -0.25) is 14.4 Å². The van der Waals surface area contributed by atoms with Crippen molar-refractivity contribution in [3.05, 3.63) is 61.2 Å². The van der Waals surface area contributed by atoms with Gasteiger partial charge in [0.2, 0.25) is 11.8 Å². The number of aliphatic hydroxyl groups excluding tert-OH is 1. The van der Waals surface area contributed by atoms with E-state index in [1.807, 2.05) is 37.3 Å². The Hall–Kier alpha value is -2.97. The van der Waals surface area contributed by atoms with Crippen LogP contribution in [0.1, 0.15) is 31.7 Å². The molecule has 188 valence electrons. The van der Waals surface area contributed by atoms with E-state index < -0.39 is 35.0 Å². The van der Waals surface area contributed by atoms with E-state index in [1.54, 1.807) is 11.0 Å². The number of ether oxygens (including phenoxy) is 2. The molecule has 0 radical (unpaired) electrons. The Kier molecular flexibility index (Phi) is 7.15. The lowest BCUT2D eigenvalue weighted by Gasteiger charge is -2.36. The molecule has 35 heavy (non-hydrogen) atoms. The van der Waals surface area contributed by atoms with Gasteiger partial charge in [0.1, 0.15) is 24.2 Å². The fourth-order valence-corrected chi connectivity index (χ4v) is 6.30. The SMILES string of the molecule is C=CCOC(=O)[C@@H]1[C@H]2C(=O)N(CCO)C(C(=O)N(CC=C)Cc3ccccc3)C23CC[C@@]1(CC)O3. The van der Waals surface area contributed by atoms with Gasteiger partial charge in [0.05, 0.1) is 18.1 Å². The van der Waals surface area contributed by atoms with Crippen molar-refractivity contribution in [3.63, 3.8) is 0 Å². The summed E-state index contributed by atoms with van der Waals surface area (Å²) in [4.78, 5) is 44.2. The fraction of sp³-hybridized carbons (Fsp3) is 0.519. The molecule has 1 aromatic carbocycles. The molecule has 0 aliphatic carbocycles. The van der Waals surface area contributed by atoms with Crippen LogP contribution in [0.25, 0.3) is 0 Å². The monoisotopic (exact) mass is 482 g/mol. The number of carbonyl (C=O) groups excluding carboxylic acids is 3. The molecule has 3 fully saturated rings. The normalized spacial score (nSPS) is 30.7. The molecular weight excluding hydrogens is 448 g/mol. The lowest BCUT2D eigenvalue weighted by atomic mass is 9.65. The Bertz CT molecular complexity index is 997. The average Bonchev–Trinajstić information content (AvgIpc) is 3.47. The van der Waals surface area contributed by atoms with E-state index in [0.29, 0.717) is 25.8 Å². The van der Waals surface area contributed by atoms with Gasteiger partial charge in [0.25, 0.3) is 0 Å². The fourth-order valence-electron chi connectivity index (χ4n) is 6.30. The molecule has 2 amide bonds. The number of amides is 2. The summed E-state index contributed by atoms with van der Waals surface area (Å²) < 4.78 is 12.0. The quantitative estimate of drug-likeness (QED) is 0.383. The number of nitrogens with zero attached hydrogens (tertiary/aromatic N) is 2. The second-order valence-corrected chi connectivity index (χ2v) is 9.50. The first kappa shape index (κ1) is 25.1. The number of likely N-dealkylation sites (tertiary alicyclic amines) is 1. The lowest BCUT2D eigenvalue weighted by Crippen LogP contribution is -2.56. The number of rotatable bonds is 11. The summed E-state index contributed by atoms with van der Waals surface area (Å²) in [5.41, 5.74) is -1.05. The van der Waals surface area contributed by atoms with E-state index >= 15 is 0 Å². The first-order valence-corrected chi connectivity index (χ1v) is 12.2. The van der Waals surface area contributed by atoms with Gasteiger partial charge >= 0.3 is 5.97 Å². The number of hydrogen-bond donors (Lipinski definition) is 1. The highest BCUT2D eigenvalue weighted by Crippen LogP contribution is 2.64. The maximum absolute atomic E-state index is 14.1. The van der Waals surface area contributed by atoms with Gasteiger partial charge in [-0.2, -0.15) is 0 Å². The van der Waals surface area contributed by atoms with Crippen LogP contribution >= 0.6 is 0 Å². The first-order valence-electron chi connectivity index (χ1n) is 12.2. The predicted molar refractivity (Wildman–Crippen MR) is 129 cm³/mol. The van der Waals surface area contributed by atoms with Crippen molar-refractivity contribution in [3.8, 4) is 0 Å². The standard InChI is InChI=1S/C27H34N2O6/c1-4-14-28(18-19-10-8-7-9-11-19)24(32)22-27-13-12-26(6-3,35-27)21(25(33)34-17-5-2)20(27)23(31)29(22)15-16-30/h4-5,7-11,20-22,30H,1-2,6,12-18H2,3H3/t20-,21-,22?,26+,27?/m0/s1. The van der Waals surface area contributed by atoms with Crippen LogP contribution in [-0.2, 0) is 30.4 Å². The van der Waals surface area contributed by atoms with E-state index in [0.717, 1.165) is 5.56 Å². The van der Waals surface area contributed by atoms with Crippen molar-refractivity contribution in [2.24, 2.45) is 11.8 Å². The zero-order valence-electron chi connectivity index (χ0n) is 20.2. The zero-order valence-corrected chi connectivity index (χ0v) is 20.2. The van der Waals surface area contributed by atoms with E-state index in [1.165, 1.54) is 11.0 Å². The van der Waals surface area contributed by atoms with E-state index in [-0.39, 0.29) is 38.1 Å². The van der Waals surface area contributed by atoms with Crippen LogP contribution in [0.4, 0.5) is 0 Å². The molecule has 5 atom stereocenters. The molecule has 8 nitrogen and oxygen atoms in total. The Morgan fingerprint density at radius 1 is 1.26 bits per heavy atom. The minimum atomic E-state index is -1.15. The number of aliphatic hydroxyl groups is 1. The highest BCUT2D eigenvalue weighted by Gasteiger charge is 2.79. The van der Waals surface area contributed by atoms with Gasteiger partial charge in [0, 0.05) is 19.6 Å². The van der Waals surface area contributed by atoms with Crippen LogP contribution in [-0.4, -0.2) is 76.2 Å². The van der Waals surface area contributed by atoms with Crippen LogP contribution in [0, 0.1) is 11.8 Å². The summed E-state index contributed by atoms with van der Waals surface area (Å²) >= 11 is 0. The van der Waals surface area contributed by atoms with Crippen LogP contribution in [0.3, 0.4) is 0 Å². The molecule has 3 heterocycles. The van der Waals surface area contributed by atoms with Gasteiger partial charge < -0.3 is 24.4 Å². The van der Waals surface area contributed by atoms with Gasteiger partial charge in [-0.05, 0) is 24.8 Å². The van der Waals surface area contributed by atoms with Gasteiger partial charge in [-0.1, -0.05) is 56.0 Å². The molecule has 3 aliphatic heterocycles. The van der Waals surface area contributed by atoms with Gasteiger partial charge in [0.15, 0.2) is 0 Å².